The minimum Gasteiger partial charge on any atom is -0.457 e. The summed E-state index contributed by atoms with van der Waals surface area (Å²) in [6, 6.07) is 14.3. The molecular weight excluding hydrogens is 302 g/mol. The normalized spacial score (nSPS) is 10.5. The first-order valence-electron chi connectivity index (χ1n) is 6.42. The van der Waals surface area contributed by atoms with Gasteiger partial charge in [0.2, 0.25) is 0 Å². The van der Waals surface area contributed by atoms with Gasteiger partial charge < -0.3 is 10.1 Å². The number of ether oxygens (including phenoxy) is 1. The van der Waals surface area contributed by atoms with Gasteiger partial charge in [-0.15, -0.1) is 0 Å². The zero-order chi connectivity index (χ0) is 13.7. The Balaban J connectivity index is 2.16. The predicted molar refractivity (Wildman–Crippen MR) is 82.8 cm³/mol. The molecule has 100 valence electrons. The van der Waals surface area contributed by atoms with Crippen molar-refractivity contribution in [1.29, 1.82) is 0 Å². The predicted octanol–water partition coefficient (Wildman–Crippen LogP) is 4.52. The van der Waals surface area contributed by atoms with E-state index in [-0.39, 0.29) is 0 Å². The van der Waals surface area contributed by atoms with Crippen molar-refractivity contribution in [3.8, 4) is 11.5 Å². The van der Waals surface area contributed by atoms with Crippen molar-refractivity contribution in [2.45, 2.75) is 19.9 Å². The van der Waals surface area contributed by atoms with Gasteiger partial charge in [0.25, 0.3) is 0 Å². The summed E-state index contributed by atoms with van der Waals surface area (Å²) in [7, 11) is 1.94. The lowest BCUT2D eigenvalue weighted by Crippen LogP contribution is -2.05. The fourth-order valence-electron chi connectivity index (χ4n) is 1.89. The zero-order valence-electron chi connectivity index (χ0n) is 11.2. The van der Waals surface area contributed by atoms with Crippen LogP contribution < -0.4 is 10.1 Å². The van der Waals surface area contributed by atoms with E-state index in [1.807, 2.05) is 31.3 Å². The van der Waals surface area contributed by atoms with Gasteiger partial charge in [0.1, 0.15) is 11.5 Å². The van der Waals surface area contributed by atoms with Crippen LogP contribution in [0.1, 0.15) is 18.1 Å². The lowest BCUT2D eigenvalue weighted by atomic mass is 10.1. The topological polar surface area (TPSA) is 21.3 Å². The van der Waals surface area contributed by atoms with Gasteiger partial charge in [0.05, 0.1) is 0 Å². The number of nitrogens with one attached hydrogen (secondary N) is 1. The maximum absolute atomic E-state index is 5.88. The summed E-state index contributed by atoms with van der Waals surface area (Å²) in [5.41, 5.74) is 2.50. The monoisotopic (exact) mass is 319 g/mol. The van der Waals surface area contributed by atoms with Crippen LogP contribution in [-0.4, -0.2) is 7.05 Å². The van der Waals surface area contributed by atoms with Gasteiger partial charge in [0.15, 0.2) is 0 Å². The standard InChI is InChI=1S/C16H18BrNO/c1-3-12-5-4-6-14(9-12)19-15-8-7-13(11-18-2)16(17)10-15/h4-10,18H,3,11H2,1-2H3. The molecule has 0 atom stereocenters. The Bertz CT molecular complexity index is 554. The first kappa shape index (κ1) is 14.1. The van der Waals surface area contributed by atoms with E-state index in [9.17, 15) is 0 Å². The van der Waals surface area contributed by atoms with Crippen molar-refractivity contribution >= 4 is 15.9 Å². The fourth-order valence-corrected chi connectivity index (χ4v) is 2.39. The van der Waals surface area contributed by atoms with Crippen LogP contribution in [-0.2, 0) is 13.0 Å². The van der Waals surface area contributed by atoms with Crippen LogP contribution in [0.3, 0.4) is 0 Å². The quantitative estimate of drug-likeness (QED) is 0.874. The molecule has 0 radical (unpaired) electrons. The van der Waals surface area contributed by atoms with E-state index >= 15 is 0 Å². The molecule has 0 fully saturated rings. The second-order valence-corrected chi connectivity index (χ2v) is 5.24. The van der Waals surface area contributed by atoms with Crippen LogP contribution in [0.2, 0.25) is 0 Å². The minimum atomic E-state index is 0.839. The molecule has 0 bridgehead atoms. The van der Waals surface area contributed by atoms with Crippen molar-refractivity contribution < 1.29 is 4.74 Å². The summed E-state index contributed by atoms with van der Waals surface area (Å²) in [4.78, 5) is 0. The third-order valence-electron chi connectivity index (χ3n) is 2.93. The first-order chi connectivity index (χ1) is 9.22. The smallest absolute Gasteiger partial charge is 0.128 e. The van der Waals surface area contributed by atoms with E-state index in [2.05, 4.69) is 46.4 Å². The molecule has 0 aliphatic carbocycles. The molecule has 0 saturated carbocycles. The Hall–Kier alpha value is -1.32. The number of hydrogen-bond acceptors (Lipinski definition) is 2. The molecule has 0 saturated heterocycles. The third-order valence-corrected chi connectivity index (χ3v) is 3.67. The van der Waals surface area contributed by atoms with Crippen molar-refractivity contribution in [1.82, 2.24) is 5.32 Å². The highest BCUT2D eigenvalue weighted by Gasteiger charge is 2.03. The summed E-state index contributed by atoms with van der Waals surface area (Å²) >= 11 is 3.57. The average molecular weight is 320 g/mol. The molecule has 3 heteroatoms. The van der Waals surface area contributed by atoms with Gasteiger partial charge in [-0.3, -0.25) is 0 Å². The lowest BCUT2D eigenvalue weighted by molar-refractivity contribution is 0.481. The maximum atomic E-state index is 5.88. The van der Waals surface area contributed by atoms with Gasteiger partial charge in [-0.2, -0.15) is 0 Å². The van der Waals surface area contributed by atoms with Crippen LogP contribution in [0.25, 0.3) is 0 Å². The van der Waals surface area contributed by atoms with Gasteiger partial charge in [-0.1, -0.05) is 41.1 Å². The van der Waals surface area contributed by atoms with E-state index in [1.54, 1.807) is 0 Å². The van der Waals surface area contributed by atoms with Gasteiger partial charge in [0, 0.05) is 11.0 Å². The Morgan fingerprint density at radius 3 is 2.58 bits per heavy atom. The van der Waals surface area contributed by atoms with Gasteiger partial charge >= 0.3 is 0 Å². The molecular formula is C16H18BrNO. The molecule has 2 aromatic carbocycles. The van der Waals surface area contributed by atoms with Crippen LogP contribution in [0, 0.1) is 0 Å². The summed E-state index contributed by atoms with van der Waals surface area (Å²) < 4.78 is 6.95. The van der Waals surface area contributed by atoms with Gasteiger partial charge in [-0.05, 0) is 48.9 Å². The summed E-state index contributed by atoms with van der Waals surface area (Å²) in [6.45, 7) is 2.98. The molecule has 0 aliphatic rings. The van der Waals surface area contributed by atoms with Crippen molar-refractivity contribution in [3.05, 3.63) is 58.1 Å². The van der Waals surface area contributed by atoms with E-state index < -0.39 is 0 Å². The summed E-state index contributed by atoms with van der Waals surface area (Å²) in [5.74, 6) is 1.73. The lowest BCUT2D eigenvalue weighted by Gasteiger charge is -2.09. The molecule has 1 N–H and O–H groups in total. The highest BCUT2D eigenvalue weighted by Crippen LogP contribution is 2.27. The zero-order valence-corrected chi connectivity index (χ0v) is 12.8. The molecule has 0 spiro atoms. The highest BCUT2D eigenvalue weighted by molar-refractivity contribution is 9.10. The molecule has 0 heterocycles. The van der Waals surface area contributed by atoms with E-state index in [1.165, 1.54) is 11.1 Å². The fraction of sp³-hybridized carbons (Fsp3) is 0.250. The second kappa shape index (κ2) is 6.73. The largest absolute Gasteiger partial charge is 0.457 e. The van der Waals surface area contributed by atoms with Crippen LogP contribution in [0.4, 0.5) is 0 Å². The van der Waals surface area contributed by atoms with E-state index in [4.69, 9.17) is 4.74 Å². The van der Waals surface area contributed by atoms with Crippen molar-refractivity contribution in [3.63, 3.8) is 0 Å². The van der Waals surface area contributed by atoms with Crippen molar-refractivity contribution in [2.75, 3.05) is 7.05 Å². The SMILES string of the molecule is CCc1cccc(Oc2ccc(CNC)c(Br)c2)c1. The summed E-state index contributed by atoms with van der Waals surface area (Å²) in [5, 5.41) is 3.14. The van der Waals surface area contributed by atoms with E-state index in [0.717, 1.165) is 28.9 Å². The number of rotatable bonds is 5. The number of halogens is 1. The highest BCUT2D eigenvalue weighted by atomic mass is 79.9. The molecule has 0 amide bonds. The molecule has 2 rings (SSSR count). The molecule has 0 aromatic heterocycles. The maximum Gasteiger partial charge on any atom is 0.128 e. The number of benzene rings is 2. The Labute approximate surface area is 122 Å². The van der Waals surface area contributed by atoms with Crippen LogP contribution in [0.5, 0.6) is 11.5 Å². The Morgan fingerprint density at radius 2 is 1.89 bits per heavy atom. The van der Waals surface area contributed by atoms with Crippen LogP contribution >= 0.6 is 15.9 Å². The molecule has 0 aliphatic heterocycles. The van der Waals surface area contributed by atoms with E-state index in [0.29, 0.717) is 0 Å². The first-order valence-corrected chi connectivity index (χ1v) is 7.22. The average Bonchev–Trinajstić information content (AvgIpc) is 2.42. The van der Waals surface area contributed by atoms with Crippen molar-refractivity contribution in [2.24, 2.45) is 0 Å². The van der Waals surface area contributed by atoms with Crippen LogP contribution in [0.15, 0.2) is 46.9 Å². The third kappa shape index (κ3) is 3.82. The summed E-state index contributed by atoms with van der Waals surface area (Å²) in [6.07, 6.45) is 1.02. The molecule has 0 unspecified atom stereocenters. The Morgan fingerprint density at radius 1 is 1.11 bits per heavy atom. The molecule has 2 nitrogen and oxygen atoms in total. The Kier molecular flexibility index (Phi) is 5.00. The molecule has 19 heavy (non-hydrogen) atoms. The minimum absolute atomic E-state index is 0.839. The number of aryl methyl sites for hydroxylation is 1. The number of hydrogen-bond donors (Lipinski definition) is 1. The second-order valence-electron chi connectivity index (χ2n) is 4.39. The molecule has 2 aromatic rings. The van der Waals surface area contributed by atoms with Gasteiger partial charge in [-0.25, -0.2) is 0 Å².